The van der Waals surface area contributed by atoms with Gasteiger partial charge in [-0.15, -0.1) is 0 Å². The number of ether oxygens (including phenoxy) is 2. The Morgan fingerprint density at radius 2 is 1.85 bits per heavy atom. The van der Waals surface area contributed by atoms with Crippen LogP contribution in [0.1, 0.15) is 10.4 Å². The SMILES string of the molecule is Nc1nc(NC(=O)c2ccccc2F)ccc1-c1cc2c(cc1Br)OCO2. The van der Waals surface area contributed by atoms with Crippen molar-refractivity contribution >= 4 is 33.5 Å². The number of nitrogens with zero attached hydrogens (tertiary/aromatic N) is 1. The van der Waals surface area contributed by atoms with Crippen molar-refractivity contribution in [1.82, 2.24) is 4.98 Å². The number of fused-ring (bicyclic) bond motifs is 1. The maximum absolute atomic E-state index is 13.7. The third-order valence-electron chi connectivity index (χ3n) is 4.04. The van der Waals surface area contributed by atoms with Crippen LogP contribution >= 0.6 is 15.9 Å². The van der Waals surface area contributed by atoms with Gasteiger partial charge < -0.3 is 20.5 Å². The molecule has 0 fully saturated rings. The summed E-state index contributed by atoms with van der Waals surface area (Å²) >= 11 is 3.49. The van der Waals surface area contributed by atoms with Crippen molar-refractivity contribution in [2.24, 2.45) is 0 Å². The number of nitrogens with one attached hydrogen (secondary N) is 1. The molecular weight excluding hydrogens is 417 g/mol. The van der Waals surface area contributed by atoms with Crippen LogP contribution in [0.4, 0.5) is 16.0 Å². The van der Waals surface area contributed by atoms with Crippen LogP contribution in [0.3, 0.4) is 0 Å². The predicted molar refractivity (Wildman–Crippen MR) is 102 cm³/mol. The zero-order valence-electron chi connectivity index (χ0n) is 13.8. The number of anilines is 2. The number of carbonyl (C=O) groups excluding carboxylic acids is 1. The number of benzene rings is 2. The van der Waals surface area contributed by atoms with E-state index in [2.05, 4.69) is 26.2 Å². The fourth-order valence-electron chi connectivity index (χ4n) is 2.72. The Labute approximate surface area is 162 Å². The van der Waals surface area contributed by atoms with Crippen molar-refractivity contribution < 1.29 is 18.7 Å². The van der Waals surface area contributed by atoms with Crippen LogP contribution < -0.4 is 20.5 Å². The molecule has 0 saturated carbocycles. The fourth-order valence-corrected chi connectivity index (χ4v) is 3.26. The van der Waals surface area contributed by atoms with E-state index < -0.39 is 11.7 Å². The average molecular weight is 430 g/mol. The molecule has 0 bridgehead atoms. The summed E-state index contributed by atoms with van der Waals surface area (Å²) < 4.78 is 25.2. The van der Waals surface area contributed by atoms with Gasteiger partial charge in [-0.3, -0.25) is 4.79 Å². The highest BCUT2D eigenvalue weighted by molar-refractivity contribution is 9.10. The molecule has 1 amide bonds. The first-order valence-electron chi connectivity index (χ1n) is 7.95. The zero-order chi connectivity index (χ0) is 19.0. The summed E-state index contributed by atoms with van der Waals surface area (Å²) in [4.78, 5) is 16.4. The Morgan fingerprint density at radius 3 is 2.59 bits per heavy atom. The lowest BCUT2D eigenvalue weighted by atomic mass is 10.1. The first kappa shape index (κ1) is 17.3. The van der Waals surface area contributed by atoms with Crippen molar-refractivity contribution in [3.05, 3.63) is 64.4 Å². The average Bonchev–Trinajstić information content (AvgIpc) is 3.09. The molecule has 0 spiro atoms. The summed E-state index contributed by atoms with van der Waals surface area (Å²) in [5, 5.41) is 2.55. The van der Waals surface area contributed by atoms with Gasteiger partial charge in [0.15, 0.2) is 11.5 Å². The second-order valence-corrected chi connectivity index (χ2v) is 6.60. The van der Waals surface area contributed by atoms with Crippen molar-refractivity contribution in [3.8, 4) is 22.6 Å². The lowest BCUT2D eigenvalue weighted by Gasteiger charge is -2.11. The van der Waals surface area contributed by atoms with Gasteiger partial charge in [-0.25, -0.2) is 9.37 Å². The Hall–Kier alpha value is -3.13. The van der Waals surface area contributed by atoms with Crippen molar-refractivity contribution in [2.45, 2.75) is 0 Å². The molecule has 6 nitrogen and oxygen atoms in total. The minimum absolute atomic E-state index is 0.0690. The van der Waals surface area contributed by atoms with Crippen LogP contribution in [0.2, 0.25) is 0 Å². The molecule has 3 N–H and O–H groups in total. The topological polar surface area (TPSA) is 86.5 Å². The van der Waals surface area contributed by atoms with Gasteiger partial charge in [-0.2, -0.15) is 0 Å². The number of amides is 1. The minimum Gasteiger partial charge on any atom is -0.454 e. The van der Waals surface area contributed by atoms with Gasteiger partial charge in [-0.05, 0) is 36.4 Å². The molecule has 0 unspecified atom stereocenters. The Bertz CT molecular complexity index is 1060. The molecule has 2 heterocycles. The number of aromatic nitrogens is 1. The van der Waals surface area contributed by atoms with Gasteiger partial charge in [0.2, 0.25) is 6.79 Å². The molecule has 0 radical (unpaired) electrons. The lowest BCUT2D eigenvalue weighted by Crippen LogP contribution is -2.15. The minimum atomic E-state index is -0.608. The Morgan fingerprint density at radius 1 is 1.11 bits per heavy atom. The van der Waals surface area contributed by atoms with Crippen LogP contribution in [-0.2, 0) is 0 Å². The normalized spacial score (nSPS) is 12.1. The van der Waals surface area contributed by atoms with Gasteiger partial charge >= 0.3 is 0 Å². The Kier molecular flexibility index (Phi) is 4.41. The monoisotopic (exact) mass is 429 g/mol. The molecule has 0 atom stereocenters. The largest absolute Gasteiger partial charge is 0.454 e. The summed E-state index contributed by atoms with van der Waals surface area (Å²) in [5.74, 6) is 0.485. The second-order valence-electron chi connectivity index (χ2n) is 5.75. The van der Waals surface area contributed by atoms with Crippen molar-refractivity contribution in [2.75, 3.05) is 17.8 Å². The summed E-state index contributed by atoms with van der Waals surface area (Å²) in [6.45, 7) is 0.167. The van der Waals surface area contributed by atoms with E-state index in [9.17, 15) is 9.18 Å². The van der Waals surface area contributed by atoms with E-state index in [0.717, 1.165) is 10.0 Å². The van der Waals surface area contributed by atoms with Crippen LogP contribution in [0, 0.1) is 5.82 Å². The molecule has 1 aliphatic heterocycles. The van der Waals surface area contributed by atoms with E-state index in [1.54, 1.807) is 30.3 Å². The number of hydrogen-bond acceptors (Lipinski definition) is 5. The predicted octanol–water partition coefficient (Wildman–Crippen LogP) is 4.21. The first-order chi connectivity index (χ1) is 13.0. The molecule has 27 heavy (non-hydrogen) atoms. The lowest BCUT2D eigenvalue weighted by molar-refractivity contribution is 0.102. The highest BCUT2D eigenvalue weighted by Crippen LogP contribution is 2.42. The maximum atomic E-state index is 13.7. The molecule has 1 aliphatic rings. The molecule has 0 saturated heterocycles. The molecular formula is C19H13BrFN3O3. The molecule has 4 rings (SSSR count). The highest BCUT2D eigenvalue weighted by Gasteiger charge is 2.19. The second kappa shape index (κ2) is 6.88. The number of nitrogen functional groups attached to an aromatic ring is 1. The van der Waals surface area contributed by atoms with Gasteiger partial charge in [0.25, 0.3) is 5.91 Å². The molecule has 2 aromatic carbocycles. The van der Waals surface area contributed by atoms with Crippen molar-refractivity contribution in [3.63, 3.8) is 0 Å². The van der Waals surface area contributed by atoms with Crippen LogP contribution in [0.25, 0.3) is 11.1 Å². The molecule has 0 aliphatic carbocycles. The van der Waals surface area contributed by atoms with Crippen LogP contribution in [0.15, 0.2) is 53.0 Å². The van der Waals surface area contributed by atoms with E-state index in [0.29, 0.717) is 17.1 Å². The number of halogens is 2. The fraction of sp³-hybridized carbons (Fsp3) is 0.0526. The summed E-state index contributed by atoms with van der Waals surface area (Å²) in [5.41, 5.74) is 7.44. The van der Waals surface area contributed by atoms with Gasteiger partial charge in [0, 0.05) is 15.6 Å². The molecule has 3 aromatic rings. The van der Waals surface area contributed by atoms with E-state index in [-0.39, 0.29) is 24.0 Å². The maximum Gasteiger partial charge on any atom is 0.259 e. The van der Waals surface area contributed by atoms with Gasteiger partial charge in [0.05, 0.1) is 5.56 Å². The number of carbonyl (C=O) groups is 1. The molecule has 1 aromatic heterocycles. The number of rotatable bonds is 3. The number of nitrogens with two attached hydrogens (primary N) is 1. The quantitative estimate of drug-likeness (QED) is 0.650. The van der Waals surface area contributed by atoms with Gasteiger partial charge in [0.1, 0.15) is 17.5 Å². The van der Waals surface area contributed by atoms with Crippen LogP contribution in [0.5, 0.6) is 11.5 Å². The Balaban J connectivity index is 1.62. The zero-order valence-corrected chi connectivity index (χ0v) is 15.4. The standard InChI is InChI=1S/C19H13BrFN3O3/c20-13-8-16-15(26-9-27-16)7-12(13)10-5-6-17(23-18(10)22)24-19(25)11-3-1-2-4-14(11)21/h1-8H,9H2,(H3,22,23,24,25). The first-order valence-corrected chi connectivity index (χ1v) is 8.74. The summed E-state index contributed by atoms with van der Waals surface area (Å²) in [7, 11) is 0. The third-order valence-corrected chi connectivity index (χ3v) is 4.69. The third kappa shape index (κ3) is 3.31. The van der Waals surface area contributed by atoms with E-state index >= 15 is 0 Å². The van der Waals surface area contributed by atoms with E-state index in [1.807, 2.05) is 0 Å². The molecule has 136 valence electrons. The van der Waals surface area contributed by atoms with Gasteiger partial charge in [-0.1, -0.05) is 28.1 Å². The van der Waals surface area contributed by atoms with Crippen LogP contribution in [-0.4, -0.2) is 17.7 Å². The number of pyridine rings is 1. The van der Waals surface area contributed by atoms with Crippen molar-refractivity contribution in [1.29, 1.82) is 0 Å². The summed E-state index contributed by atoms with van der Waals surface area (Å²) in [6, 6.07) is 12.6. The smallest absolute Gasteiger partial charge is 0.259 e. The van der Waals surface area contributed by atoms with E-state index in [4.69, 9.17) is 15.2 Å². The summed E-state index contributed by atoms with van der Waals surface area (Å²) in [6.07, 6.45) is 0. The number of hydrogen-bond donors (Lipinski definition) is 2. The van der Waals surface area contributed by atoms with E-state index in [1.165, 1.54) is 18.2 Å². The highest BCUT2D eigenvalue weighted by atomic mass is 79.9. The molecule has 8 heteroatoms.